The molecule has 0 aliphatic carbocycles. The molecule has 0 bridgehead atoms. The van der Waals surface area contributed by atoms with Crippen LogP contribution >= 0.6 is 12.2 Å². The van der Waals surface area contributed by atoms with Crippen molar-refractivity contribution in [1.82, 2.24) is 15.5 Å². The zero-order valence-electron chi connectivity index (χ0n) is 5.68. The van der Waals surface area contributed by atoms with Gasteiger partial charge in [0, 0.05) is 20.1 Å². The predicted molar refractivity (Wildman–Crippen MR) is 41.8 cm³/mol. The van der Waals surface area contributed by atoms with Gasteiger partial charge in [0.1, 0.15) is 0 Å². The monoisotopic (exact) mass is 159 g/mol. The van der Waals surface area contributed by atoms with Crippen molar-refractivity contribution in [3.63, 3.8) is 0 Å². The summed E-state index contributed by atoms with van der Waals surface area (Å²) in [7, 11) is 1.59. The number of carbonyl (C=O) groups is 1. The van der Waals surface area contributed by atoms with Crippen LogP contribution in [-0.2, 0) is 0 Å². The van der Waals surface area contributed by atoms with Gasteiger partial charge >= 0.3 is 6.03 Å². The fraction of sp³-hybridized carbons (Fsp3) is 0.600. The first kappa shape index (κ1) is 7.27. The molecule has 0 aromatic carbocycles. The van der Waals surface area contributed by atoms with Crippen molar-refractivity contribution in [3.05, 3.63) is 0 Å². The maximum atomic E-state index is 10.9. The highest BCUT2D eigenvalue weighted by Crippen LogP contribution is 1.96. The lowest BCUT2D eigenvalue weighted by atomic mass is 10.6. The van der Waals surface area contributed by atoms with Gasteiger partial charge in [0.25, 0.3) is 0 Å². The number of thiocarbonyl (C=S) groups is 1. The molecule has 1 aliphatic rings. The summed E-state index contributed by atoms with van der Waals surface area (Å²) in [5.41, 5.74) is 0. The average molecular weight is 159 g/mol. The smallest absolute Gasteiger partial charge is 0.323 e. The molecule has 1 fully saturated rings. The molecule has 2 N–H and O–H groups in total. The molecule has 1 rings (SSSR count). The molecule has 1 aliphatic heterocycles. The van der Waals surface area contributed by atoms with E-state index in [-0.39, 0.29) is 6.03 Å². The second kappa shape index (κ2) is 2.83. The second-order valence-corrected chi connectivity index (χ2v) is 2.33. The van der Waals surface area contributed by atoms with Crippen LogP contribution in [0.3, 0.4) is 0 Å². The normalized spacial score (nSPS) is 16.9. The summed E-state index contributed by atoms with van der Waals surface area (Å²) in [6.45, 7) is 1.42. The van der Waals surface area contributed by atoms with E-state index in [4.69, 9.17) is 12.2 Å². The highest BCUT2D eigenvalue weighted by molar-refractivity contribution is 7.80. The van der Waals surface area contributed by atoms with Crippen LogP contribution in [0.1, 0.15) is 0 Å². The third-order valence-electron chi connectivity index (χ3n) is 1.32. The highest BCUT2D eigenvalue weighted by atomic mass is 32.1. The first-order valence-electron chi connectivity index (χ1n) is 3.03. The minimum absolute atomic E-state index is 0.144. The highest BCUT2D eigenvalue weighted by Gasteiger charge is 2.21. The number of nitrogens with one attached hydrogen (secondary N) is 2. The zero-order chi connectivity index (χ0) is 7.56. The van der Waals surface area contributed by atoms with Crippen LogP contribution in [0, 0.1) is 0 Å². The zero-order valence-corrected chi connectivity index (χ0v) is 6.49. The van der Waals surface area contributed by atoms with Crippen LogP contribution in [0.2, 0.25) is 0 Å². The summed E-state index contributed by atoms with van der Waals surface area (Å²) in [6.07, 6.45) is 0. The Morgan fingerprint density at radius 1 is 1.90 bits per heavy atom. The molecule has 0 atom stereocenters. The number of nitrogens with zero attached hydrogens (tertiary/aromatic N) is 1. The first-order chi connectivity index (χ1) is 4.75. The quantitative estimate of drug-likeness (QED) is 0.469. The molecule has 0 radical (unpaired) electrons. The molecule has 2 amide bonds. The van der Waals surface area contributed by atoms with E-state index >= 15 is 0 Å². The molecule has 0 unspecified atom stereocenters. The summed E-state index contributed by atoms with van der Waals surface area (Å²) in [5.74, 6) is 0. The van der Waals surface area contributed by atoms with Crippen molar-refractivity contribution >= 4 is 23.4 Å². The van der Waals surface area contributed by atoms with Gasteiger partial charge in [-0.25, -0.2) is 4.79 Å². The van der Waals surface area contributed by atoms with Gasteiger partial charge in [0.2, 0.25) is 0 Å². The van der Waals surface area contributed by atoms with Crippen LogP contribution in [-0.4, -0.2) is 36.2 Å². The van der Waals surface area contributed by atoms with E-state index in [9.17, 15) is 4.79 Å². The van der Waals surface area contributed by atoms with Crippen molar-refractivity contribution in [1.29, 1.82) is 0 Å². The molecule has 0 aromatic rings. The number of carbonyl (C=O) groups excluding carboxylic acids is 1. The molecule has 56 valence electrons. The number of hydrogen-bond donors (Lipinski definition) is 2. The topological polar surface area (TPSA) is 44.4 Å². The molecule has 4 nitrogen and oxygen atoms in total. The average Bonchev–Trinajstić information content (AvgIpc) is 2.34. The van der Waals surface area contributed by atoms with Crippen LogP contribution < -0.4 is 10.6 Å². The van der Waals surface area contributed by atoms with E-state index in [1.54, 1.807) is 7.05 Å². The van der Waals surface area contributed by atoms with Gasteiger partial charge in [-0.3, -0.25) is 4.90 Å². The number of amides is 2. The van der Waals surface area contributed by atoms with Gasteiger partial charge in [0.05, 0.1) is 0 Å². The van der Waals surface area contributed by atoms with Gasteiger partial charge < -0.3 is 10.6 Å². The Labute approximate surface area is 64.6 Å². The molecule has 1 heterocycles. The largest absolute Gasteiger partial charge is 0.360 e. The minimum Gasteiger partial charge on any atom is -0.360 e. The molecule has 0 aromatic heterocycles. The molecule has 1 saturated heterocycles. The Balaban J connectivity index is 2.55. The lowest BCUT2D eigenvalue weighted by Gasteiger charge is -2.12. The SMILES string of the molecule is CNC(=O)N1CCNC1=S. The number of urea groups is 1. The fourth-order valence-corrected chi connectivity index (χ4v) is 1.08. The minimum atomic E-state index is -0.144. The molecule has 0 spiro atoms. The predicted octanol–water partition coefficient (Wildman–Crippen LogP) is -0.484. The Kier molecular flexibility index (Phi) is 2.06. The van der Waals surface area contributed by atoms with Gasteiger partial charge in [-0.1, -0.05) is 0 Å². The number of hydrogen-bond acceptors (Lipinski definition) is 2. The van der Waals surface area contributed by atoms with Crippen LogP contribution in [0.25, 0.3) is 0 Å². The maximum Gasteiger partial charge on any atom is 0.323 e. The van der Waals surface area contributed by atoms with Crippen LogP contribution in [0.4, 0.5) is 4.79 Å². The maximum absolute atomic E-state index is 10.9. The molecule has 0 saturated carbocycles. The third-order valence-corrected chi connectivity index (χ3v) is 1.68. The van der Waals surface area contributed by atoms with E-state index in [2.05, 4.69) is 10.6 Å². The van der Waals surface area contributed by atoms with E-state index < -0.39 is 0 Å². The van der Waals surface area contributed by atoms with Gasteiger partial charge in [0.15, 0.2) is 5.11 Å². The van der Waals surface area contributed by atoms with Crippen molar-refractivity contribution in [2.45, 2.75) is 0 Å². The Bertz CT molecular complexity index is 170. The molecule has 10 heavy (non-hydrogen) atoms. The summed E-state index contributed by atoms with van der Waals surface area (Å²) < 4.78 is 0. The fourth-order valence-electron chi connectivity index (χ4n) is 0.800. The van der Waals surface area contributed by atoms with Crippen molar-refractivity contribution in [2.75, 3.05) is 20.1 Å². The van der Waals surface area contributed by atoms with Crippen molar-refractivity contribution in [2.24, 2.45) is 0 Å². The van der Waals surface area contributed by atoms with Crippen molar-refractivity contribution < 1.29 is 4.79 Å². The Morgan fingerprint density at radius 2 is 2.60 bits per heavy atom. The lowest BCUT2D eigenvalue weighted by molar-refractivity contribution is 0.226. The van der Waals surface area contributed by atoms with E-state index in [0.717, 1.165) is 6.54 Å². The Hall–Kier alpha value is -0.840. The molecular weight excluding hydrogens is 150 g/mol. The lowest BCUT2D eigenvalue weighted by Crippen LogP contribution is -2.39. The van der Waals surface area contributed by atoms with Crippen LogP contribution in [0.5, 0.6) is 0 Å². The molecular formula is C5H9N3OS. The summed E-state index contributed by atoms with van der Waals surface area (Å²) >= 11 is 4.84. The van der Waals surface area contributed by atoms with Crippen molar-refractivity contribution in [3.8, 4) is 0 Å². The molecule has 5 heteroatoms. The number of rotatable bonds is 0. The van der Waals surface area contributed by atoms with E-state index in [0.29, 0.717) is 11.7 Å². The standard InChI is InChI=1S/C5H9N3OS/c1-6-4(9)8-3-2-7-5(8)10/h2-3H2,1H3,(H,6,9)(H,7,10). The van der Waals surface area contributed by atoms with Gasteiger partial charge in [-0.2, -0.15) is 0 Å². The summed E-state index contributed by atoms with van der Waals surface area (Å²) in [5, 5.41) is 5.89. The Morgan fingerprint density at radius 3 is 3.00 bits per heavy atom. The summed E-state index contributed by atoms with van der Waals surface area (Å²) in [4.78, 5) is 12.4. The second-order valence-electron chi connectivity index (χ2n) is 1.94. The summed E-state index contributed by atoms with van der Waals surface area (Å²) in [6, 6.07) is -0.144. The van der Waals surface area contributed by atoms with E-state index in [1.165, 1.54) is 4.90 Å². The van der Waals surface area contributed by atoms with Crippen LogP contribution in [0.15, 0.2) is 0 Å². The van der Waals surface area contributed by atoms with Gasteiger partial charge in [-0.15, -0.1) is 0 Å². The van der Waals surface area contributed by atoms with Gasteiger partial charge in [-0.05, 0) is 12.2 Å². The van der Waals surface area contributed by atoms with E-state index in [1.807, 2.05) is 0 Å². The first-order valence-corrected chi connectivity index (χ1v) is 3.43. The third kappa shape index (κ3) is 1.18.